The summed E-state index contributed by atoms with van der Waals surface area (Å²) in [6.45, 7) is 11.0. The van der Waals surface area contributed by atoms with Gasteiger partial charge in [0.05, 0.1) is 6.26 Å². The van der Waals surface area contributed by atoms with Crippen LogP contribution in [0.5, 0.6) is 0 Å². The standard InChI is InChI=1S/C15H27NO2/c1-5-6-13(4)10-17-11-15-14(7-8-18-15)9-16-12(2)3/h7-8,12-13,16H,5-6,9-11H2,1-4H3. The van der Waals surface area contributed by atoms with Gasteiger partial charge in [-0.25, -0.2) is 0 Å². The van der Waals surface area contributed by atoms with Crippen molar-refractivity contribution in [2.24, 2.45) is 5.92 Å². The topological polar surface area (TPSA) is 34.4 Å². The summed E-state index contributed by atoms with van der Waals surface area (Å²) in [7, 11) is 0. The highest BCUT2D eigenvalue weighted by Gasteiger charge is 2.08. The van der Waals surface area contributed by atoms with Gasteiger partial charge in [0.15, 0.2) is 0 Å². The molecule has 0 fully saturated rings. The molecule has 3 nitrogen and oxygen atoms in total. The van der Waals surface area contributed by atoms with Crippen molar-refractivity contribution in [1.82, 2.24) is 5.32 Å². The van der Waals surface area contributed by atoms with Crippen LogP contribution in [0.3, 0.4) is 0 Å². The van der Waals surface area contributed by atoms with E-state index in [-0.39, 0.29) is 0 Å². The van der Waals surface area contributed by atoms with Crippen LogP contribution < -0.4 is 5.32 Å². The highest BCUT2D eigenvalue weighted by atomic mass is 16.5. The van der Waals surface area contributed by atoms with Crippen LogP contribution in [0.15, 0.2) is 16.7 Å². The number of nitrogens with one attached hydrogen (secondary N) is 1. The zero-order valence-electron chi connectivity index (χ0n) is 12.2. The van der Waals surface area contributed by atoms with Crippen molar-refractivity contribution in [3.05, 3.63) is 23.7 Å². The van der Waals surface area contributed by atoms with Gasteiger partial charge in [-0.2, -0.15) is 0 Å². The average molecular weight is 253 g/mol. The first-order chi connectivity index (χ1) is 8.63. The molecule has 0 saturated heterocycles. The Morgan fingerprint density at radius 1 is 1.33 bits per heavy atom. The molecule has 0 aliphatic heterocycles. The van der Waals surface area contributed by atoms with Crippen LogP contribution in [0.1, 0.15) is 51.9 Å². The van der Waals surface area contributed by atoms with E-state index in [1.807, 2.05) is 6.07 Å². The smallest absolute Gasteiger partial charge is 0.133 e. The first-order valence-electron chi connectivity index (χ1n) is 6.99. The number of hydrogen-bond donors (Lipinski definition) is 1. The van der Waals surface area contributed by atoms with Gasteiger partial charge in [-0.1, -0.05) is 34.1 Å². The average Bonchev–Trinajstić information content (AvgIpc) is 2.74. The lowest BCUT2D eigenvalue weighted by Gasteiger charge is -2.11. The summed E-state index contributed by atoms with van der Waals surface area (Å²) in [5, 5.41) is 3.39. The van der Waals surface area contributed by atoms with Crippen molar-refractivity contribution in [1.29, 1.82) is 0 Å². The van der Waals surface area contributed by atoms with Gasteiger partial charge >= 0.3 is 0 Å². The third kappa shape index (κ3) is 5.69. The zero-order chi connectivity index (χ0) is 13.4. The third-order valence-electron chi connectivity index (χ3n) is 2.96. The van der Waals surface area contributed by atoms with E-state index in [1.54, 1.807) is 6.26 Å². The molecule has 3 heteroatoms. The van der Waals surface area contributed by atoms with Gasteiger partial charge in [-0.05, 0) is 18.4 Å². The van der Waals surface area contributed by atoms with Crippen molar-refractivity contribution in [2.45, 2.75) is 59.7 Å². The Bertz CT molecular complexity index is 320. The molecule has 0 aliphatic rings. The molecule has 1 heterocycles. The van der Waals surface area contributed by atoms with Crippen LogP contribution in [0.4, 0.5) is 0 Å². The Balaban J connectivity index is 2.31. The first kappa shape index (κ1) is 15.3. The van der Waals surface area contributed by atoms with E-state index in [9.17, 15) is 0 Å². The van der Waals surface area contributed by atoms with E-state index >= 15 is 0 Å². The first-order valence-corrected chi connectivity index (χ1v) is 6.99. The Morgan fingerprint density at radius 2 is 2.11 bits per heavy atom. The number of ether oxygens (including phenoxy) is 1. The second-order valence-electron chi connectivity index (χ2n) is 5.31. The number of hydrogen-bond acceptors (Lipinski definition) is 3. The largest absolute Gasteiger partial charge is 0.467 e. The van der Waals surface area contributed by atoms with Crippen LogP contribution in [0.25, 0.3) is 0 Å². The zero-order valence-corrected chi connectivity index (χ0v) is 12.2. The van der Waals surface area contributed by atoms with Gasteiger partial charge < -0.3 is 14.5 Å². The van der Waals surface area contributed by atoms with Gasteiger partial charge in [0.2, 0.25) is 0 Å². The normalized spacial score (nSPS) is 13.2. The summed E-state index contributed by atoms with van der Waals surface area (Å²) in [6, 6.07) is 2.50. The van der Waals surface area contributed by atoms with Crippen molar-refractivity contribution in [3.8, 4) is 0 Å². The minimum absolute atomic E-state index is 0.484. The fourth-order valence-corrected chi connectivity index (χ4v) is 1.89. The lowest BCUT2D eigenvalue weighted by Crippen LogP contribution is -2.22. The van der Waals surface area contributed by atoms with Gasteiger partial charge in [0, 0.05) is 24.8 Å². The second kappa shape index (κ2) is 8.33. The van der Waals surface area contributed by atoms with Crippen molar-refractivity contribution < 1.29 is 9.15 Å². The minimum atomic E-state index is 0.484. The van der Waals surface area contributed by atoms with Crippen LogP contribution in [0, 0.1) is 5.92 Å². The van der Waals surface area contributed by atoms with E-state index < -0.39 is 0 Å². The fourth-order valence-electron chi connectivity index (χ4n) is 1.89. The predicted octanol–water partition coefficient (Wildman–Crippen LogP) is 3.73. The highest BCUT2D eigenvalue weighted by molar-refractivity contribution is 5.16. The van der Waals surface area contributed by atoms with Gasteiger partial charge in [0.25, 0.3) is 0 Å². The molecule has 0 radical (unpaired) electrons. The summed E-state index contributed by atoms with van der Waals surface area (Å²) in [5.74, 6) is 1.58. The molecular formula is C15H27NO2. The van der Waals surface area contributed by atoms with Gasteiger partial charge in [0.1, 0.15) is 12.4 Å². The molecule has 0 aromatic carbocycles. The summed E-state index contributed by atoms with van der Waals surface area (Å²) in [4.78, 5) is 0. The number of furan rings is 1. The molecule has 1 rings (SSSR count). The maximum absolute atomic E-state index is 5.72. The molecule has 1 N–H and O–H groups in total. The van der Waals surface area contributed by atoms with Crippen LogP contribution in [0.2, 0.25) is 0 Å². The van der Waals surface area contributed by atoms with Gasteiger partial charge in [-0.3, -0.25) is 0 Å². The second-order valence-corrected chi connectivity index (χ2v) is 5.31. The van der Waals surface area contributed by atoms with Crippen molar-refractivity contribution >= 4 is 0 Å². The molecular weight excluding hydrogens is 226 g/mol. The Hall–Kier alpha value is -0.800. The maximum Gasteiger partial charge on any atom is 0.133 e. The van der Waals surface area contributed by atoms with E-state index in [4.69, 9.17) is 9.15 Å². The van der Waals surface area contributed by atoms with E-state index in [0.717, 1.165) is 18.9 Å². The number of rotatable bonds is 9. The maximum atomic E-state index is 5.72. The summed E-state index contributed by atoms with van der Waals surface area (Å²) >= 11 is 0. The minimum Gasteiger partial charge on any atom is -0.467 e. The summed E-state index contributed by atoms with van der Waals surface area (Å²) in [5.41, 5.74) is 1.20. The molecule has 0 saturated carbocycles. The molecule has 0 bridgehead atoms. The SMILES string of the molecule is CCCC(C)COCc1occc1CNC(C)C. The van der Waals surface area contributed by atoms with Crippen molar-refractivity contribution in [2.75, 3.05) is 6.61 Å². The monoisotopic (exact) mass is 253 g/mol. The molecule has 1 aromatic rings. The summed E-state index contributed by atoms with van der Waals surface area (Å²) in [6.07, 6.45) is 4.18. The fraction of sp³-hybridized carbons (Fsp3) is 0.733. The molecule has 1 atom stereocenters. The highest BCUT2D eigenvalue weighted by Crippen LogP contribution is 2.13. The Morgan fingerprint density at radius 3 is 2.78 bits per heavy atom. The molecule has 18 heavy (non-hydrogen) atoms. The molecule has 1 unspecified atom stereocenters. The van der Waals surface area contributed by atoms with Gasteiger partial charge in [-0.15, -0.1) is 0 Å². The molecule has 1 aromatic heterocycles. The third-order valence-corrected chi connectivity index (χ3v) is 2.96. The molecule has 0 aliphatic carbocycles. The Kier molecular flexibility index (Phi) is 7.06. The van der Waals surface area contributed by atoms with E-state index in [1.165, 1.54) is 18.4 Å². The molecule has 0 spiro atoms. The quantitative estimate of drug-likeness (QED) is 0.728. The summed E-state index contributed by atoms with van der Waals surface area (Å²) < 4.78 is 11.2. The molecule has 104 valence electrons. The van der Waals surface area contributed by atoms with Crippen molar-refractivity contribution in [3.63, 3.8) is 0 Å². The van der Waals surface area contributed by atoms with E-state index in [2.05, 4.69) is 33.0 Å². The van der Waals surface area contributed by atoms with Crippen LogP contribution >= 0.6 is 0 Å². The predicted molar refractivity (Wildman–Crippen MR) is 74.4 cm³/mol. The van der Waals surface area contributed by atoms with E-state index in [0.29, 0.717) is 18.6 Å². The Labute approximate surface area is 111 Å². The lowest BCUT2D eigenvalue weighted by molar-refractivity contribution is 0.0769. The molecule has 0 amide bonds. The lowest BCUT2D eigenvalue weighted by atomic mass is 10.1. The van der Waals surface area contributed by atoms with Crippen LogP contribution in [-0.4, -0.2) is 12.6 Å². The van der Waals surface area contributed by atoms with Crippen LogP contribution in [-0.2, 0) is 17.9 Å².